The maximum atomic E-state index is 13.5. The largest absolute Gasteiger partial charge is 0.507 e. The third-order valence-electron chi connectivity index (χ3n) is 6.43. The molecule has 1 unspecified atom stereocenters. The second-order valence-electron chi connectivity index (χ2n) is 8.72. The lowest BCUT2D eigenvalue weighted by atomic mass is 9.95. The predicted molar refractivity (Wildman–Crippen MR) is 149 cm³/mol. The number of fused-ring (bicyclic) bond motifs is 1. The third-order valence-corrected chi connectivity index (χ3v) is 7.44. The number of Topliss-reactive ketones (excluding diaryl/α,β-unsaturated/α-hetero) is 1. The number of hydrogen-bond donors (Lipinski definition) is 1. The Kier molecular flexibility index (Phi) is 6.98. The van der Waals surface area contributed by atoms with Crippen LogP contribution in [0.2, 0.25) is 0 Å². The maximum Gasteiger partial charge on any atom is 0.301 e. The summed E-state index contributed by atoms with van der Waals surface area (Å²) >= 11 is 1.34. The molecule has 0 saturated carbocycles. The van der Waals surface area contributed by atoms with Gasteiger partial charge in [0.1, 0.15) is 23.9 Å². The minimum absolute atomic E-state index is 0.00608. The van der Waals surface area contributed by atoms with Crippen molar-refractivity contribution in [2.24, 2.45) is 0 Å². The number of thiazole rings is 1. The van der Waals surface area contributed by atoms with Crippen molar-refractivity contribution in [3.05, 3.63) is 102 Å². The van der Waals surface area contributed by atoms with Crippen LogP contribution in [0.25, 0.3) is 16.0 Å². The standard InChI is InChI=1S/C30H26N2O5S/c1-4-16-37-22-13-7-19(8-14-22)26-25(27(33)20-9-11-21(36-3)12-10-20)28(34)29(35)32(26)30-31-23-15-6-18(5-2)17-24(23)38-30/h4,6-15,17,26,33H,1,5,16H2,2-3H3. The van der Waals surface area contributed by atoms with E-state index in [4.69, 9.17) is 14.5 Å². The number of ether oxygens (including phenoxy) is 2. The number of nitrogens with zero attached hydrogens (tertiary/aromatic N) is 2. The first-order valence-electron chi connectivity index (χ1n) is 12.1. The van der Waals surface area contributed by atoms with Gasteiger partial charge in [-0.05, 0) is 66.1 Å². The molecule has 7 nitrogen and oxygen atoms in total. The normalized spacial score (nSPS) is 16.7. The number of aryl methyl sites for hydroxylation is 1. The zero-order valence-corrected chi connectivity index (χ0v) is 21.8. The highest BCUT2D eigenvalue weighted by Crippen LogP contribution is 2.44. The van der Waals surface area contributed by atoms with E-state index in [-0.39, 0.29) is 11.3 Å². The number of hydrogen-bond acceptors (Lipinski definition) is 7. The molecule has 1 fully saturated rings. The number of methoxy groups -OCH3 is 1. The number of amides is 1. The number of aliphatic hydroxyl groups excluding tert-OH is 1. The lowest BCUT2D eigenvalue weighted by Gasteiger charge is -2.23. The second kappa shape index (κ2) is 10.5. The fourth-order valence-corrected chi connectivity index (χ4v) is 5.49. The average Bonchev–Trinajstić information content (AvgIpc) is 3.49. The molecule has 1 aromatic heterocycles. The summed E-state index contributed by atoms with van der Waals surface area (Å²) in [5.74, 6) is -0.557. The average molecular weight is 527 g/mol. The minimum Gasteiger partial charge on any atom is -0.507 e. The smallest absolute Gasteiger partial charge is 0.301 e. The molecule has 1 aliphatic rings. The third kappa shape index (κ3) is 4.54. The number of anilines is 1. The summed E-state index contributed by atoms with van der Waals surface area (Å²) in [6, 6.07) is 18.8. The van der Waals surface area contributed by atoms with Crippen molar-refractivity contribution in [2.75, 3.05) is 18.6 Å². The minimum atomic E-state index is -0.878. The highest BCUT2D eigenvalue weighted by atomic mass is 32.1. The molecule has 1 aliphatic heterocycles. The Bertz CT molecular complexity index is 1550. The molecule has 1 saturated heterocycles. The molecule has 192 valence electrons. The molecule has 0 radical (unpaired) electrons. The Labute approximate surface area is 224 Å². The van der Waals surface area contributed by atoms with Crippen LogP contribution in [0.4, 0.5) is 5.13 Å². The summed E-state index contributed by atoms with van der Waals surface area (Å²) in [5.41, 5.74) is 2.93. The van der Waals surface area contributed by atoms with E-state index in [9.17, 15) is 14.7 Å². The van der Waals surface area contributed by atoms with Gasteiger partial charge in [-0.1, -0.05) is 49.1 Å². The molecule has 8 heteroatoms. The summed E-state index contributed by atoms with van der Waals surface area (Å²) in [4.78, 5) is 33.0. The van der Waals surface area contributed by atoms with Crippen molar-refractivity contribution in [2.45, 2.75) is 19.4 Å². The molecule has 5 rings (SSSR count). The van der Waals surface area contributed by atoms with E-state index in [2.05, 4.69) is 13.5 Å². The molecule has 1 amide bonds. The first-order chi connectivity index (χ1) is 18.4. The van der Waals surface area contributed by atoms with Crippen molar-refractivity contribution < 1.29 is 24.2 Å². The fourth-order valence-electron chi connectivity index (χ4n) is 4.43. The van der Waals surface area contributed by atoms with Gasteiger partial charge in [-0.15, -0.1) is 0 Å². The Morgan fingerprint density at radius 1 is 1.08 bits per heavy atom. The number of aromatic nitrogens is 1. The van der Waals surface area contributed by atoms with Crippen molar-refractivity contribution in [1.82, 2.24) is 4.98 Å². The second-order valence-corrected chi connectivity index (χ2v) is 9.73. The van der Waals surface area contributed by atoms with E-state index >= 15 is 0 Å². The van der Waals surface area contributed by atoms with Gasteiger partial charge < -0.3 is 14.6 Å². The van der Waals surface area contributed by atoms with E-state index in [0.29, 0.717) is 34.4 Å². The summed E-state index contributed by atoms with van der Waals surface area (Å²) in [6.45, 7) is 6.08. The molecular weight excluding hydrogens is 500 g/mol. The molecule has 3 aromatic carbocycles. The van der Waals surface area contributed by atoms with Crippen LogP contribution in [0, 0.1) is 0 Å². The van der Waals surface area contributed by atoms with Crippen LogP contribution < -0.4 is 14.4 Å². The number of ketones is 1. The predicted octanol–water partition coefficient (Wildman–Crippen LogP) is 6.06. The highest BCUT2D eigenvalue weighted by Gasteiger charge is 2.48. The van der Waals surface area contributed by atoms with E-state index < -0.39 is 17.7 Å². The quantitative estimate of drug-likeness (QED) is 0.130. The van der Waals surface area contributed by atoms with Crippen molar-refractivity contribution in [1.29, 1.82) is 0 Å². The SMILES string of the molecule is C=CCOc1ccc(C2C(=C(O)c3ccc(OC)cc3)C(=O)C(=O)N2c2nc3ccc(CC)cc3s2)cc1. The van der Waals surface area contributed by atoms with Gasteiger partial charge in [-0.2, -0.15) is 0 Å². The van der Waals surface area contributed by atoms with Crippen molar-refractivity contribution in [3.8, 4) is 11.5 Å². The number of carbonyl (C=O) groups is 2. The molecule has 1 atom stereocenters. The first kappa shape index (κ1) is 25.2. The summed E-state index contributed by atoms with van der Waals surface area (Å²) < 4.78 is 11.7. The molecule has 0 spiro atoms. The van der Waals surface area contributed by atoms with Gasteiger partial charge in [0.2, 0.25) is 0 Å². The van der Waals surface area contributed by atoms with Crippen LogP contribution in [0.3, 0.4) is 0 Å². The molecule has 0 aliphatic carbocycles. The molecule has 0 bridgehead atoms. The Morgan fingerprint density at radius 2 is 1.79 bits per heavy atom. The van der Waals surface area contributed by atoms with Crippen LogP contribution in [-0.2, 0) is 16.0 Å². The van der Waals surface area contributed by atoms with Crippen LogP contribution in [0.5, 0.6) is 11.5 Å². The van der Waals surface area contributed by atoms with Gasteiger partial charge in [-0.25, -0.2) is 4.98 Å². The molecule has 38 heavy (non-hydrogen) atoms. The van der Waals surface area contributed by atoms with Crippen LogP contribution in [0.15, 0.2) is 85.0 Å². The van der Waals surface area contributed by atoms with Gasteiger partial charge >= 0.3 is 5.91 Å². The maximum absolute atomic E-state index is 13.5. The Balaban J connectivity index is 1.66. The summed E-state index contributed by atoms with van der Waals surface area (Å²) in [6.07, 6.45) is 2.52. The van der Waals surface area contributed by atoms with Crippen molar-refractivity contribution in [3.63, 3.8) is 0 Å². The Morgan fingerprint density at radius 3 is 2.45 bits per heavy atom. The lowest BCUT2D eigenvalue weighted by Crippen LogP contribution is -2.29. The van der Waals surface area contributed by atoms with Gasteiger partial charge in [0.05, 0.1) is 28.9 Å². The number of benzene rings is 3. The highest BCUT2D eigenvalue weighted by molar-refractivity contribution is 7.22. The monoisotopic (exact) mass is 526 g/mol. The topological polar surface area (TPSA) is 89.0 Å². The number of aliphatic hydroxyl groups is 1. The van der Waals surface area contributed by atoms with Crippen LogP contribution in [0.1, 0.15) is 29.7 Å². The summed E-state index contributed by atoms with van der Waals surface area (Å²) in [7, 11) is 1.55. The van der Waals surface area contributed by atoms with Gasteiger partial charge in [0.15, 0.2) is 5.13 Å². The van der Waals surface area contributed by atoms with Crippen LogP contribution >= 0.6 is 11.3 Å². The van der Waals surface area contributed by atoms with Gasteiger partial charge in [0, 0.05) is 5.56 Å². The number of carbonyl (C=O) groups excluding carboxylic acids is 2. The Hall–Kier alpha value is -4.43. The molecule has 4 aromatic rings. The number of rotatable bonds is 8. The van der Waals surface area contributed by atoms with Gasteiger partial charge in [-0.3, -0.25) is 14.5 Å². The van der Waals surface area contributed by atoms with E-state index in [0.717, 1.165) is 22.2 Å². The zero-order valence-electron chi connectivity index (χ0n) is 21.0. The molecule has 1 N–H and O–H groups in total. The van der Waals surface area contributed by atoms with Gasteiger partial charge in [0.25, 0.3) is 5.78 Å². The van der Waals surface area contributed by atoms with E-state index in [1.807, 2.05) is 18.2 Å². The molecular formula is C30H26N2O5S. The fraction of sp³-hybridized carbons (Fsp3) is 0.167. The molecule has 2 heterocycles. The van der Waals surface area contributed by atoms with Crippen molar-refractivity contribution >= 4 is 44.1 Å². The van der Waals surface area contributed by atoms with E-state index in [1.54, 1.807) is 61.7 Å². The van der Waals surface area contributed by atoms with E-state index in [1.165, 1.54) is 16.2 Å². The lowest BCUT2D eigenvalue weighted by molar-refractivity contribution is -0.132. The first-order valence-corrected chi connectivity index (χ1v) is 12.9. The summed E-state index contributed by atoms with van der Waals surface area (Å²) in [5, 5.41) is 11.7. The zero-order chi connectivity index (χ0) is 26.8. The van der Waals surface area contributed by atoms with Crippen LogP contribution in [-0.4, -0.2) is 35.5 Å².